The second-order valence-electron chi connectivity index (χ2n) is 4.46. The Morgan fingerprint density at radius 1 is 1.50 bits per heavy atom. The summed E-state index contributed by atoms with van der Waals surface area (Å²) in [5.74, 6) is -2.19. The molecule has 1 rings (SSSR count). The van der Waals surface area contributed by atoms with E-state index in [1.165, 1.54) is 0 Å². The van der Waals surface area contributed by atoms with Crippen molar-refractivity contribution in [3.05, 3.63) is 31.5 Å². The predicted molar refractivity (Wildman–Crippen MR) is 102 cm³/mol. The van der Waals surface area contributed by atoms with Gasteiger partial charge in [-0.2, -0.15) is 0 Å². The minimum absolute atomic E-state index is 0.295. The standard InChI is InChI=1S/C13H13I3O4/c1-6(2)12(19)20-7(3)13(16)9(11(17)18)4-8(14)5-10(13)15/h4-5,7,9H,1H2,2-3H3,(H,17,18). The molecule has 3 atom stereocenters. The molecule has 0 aliphatic heterocycles. The second kappa shape index (κ2) is 7.07. The van der Waals surface area contributed by atoms with Crippen LogP contribution < -0.4 is 0 Å². The molecule has 0 spiro atoms. The lowest BCUT2D eigenvalue weighted by molar-refractivity contribution is -0.148. The highest BCUT2D eigenvalue weighted by molar-refractivity contribution is 14.1. The normalized spacial score (nSPS) is 27.1. The molecule has 20 heavy (non-hydrogen) atoms. The van der Waals surface area contributed by atoms with E-state index in [1.54, 1.807) is 19.9 Å². The van der Waals surface area contributed by atoms with Crippen LogP contribution in [0.1, 0.15) is 13.8 Å². The number of carboxylic acid groups (broad SMARTS) is 1. The Bertz CT molecular complexity index is 524. The summed E-state index contributed by atoms with van der Waals surface area (Å²) in [4.78, 5) is 23.2. The van der Waals surface area contributed by atoms with Gasteiger partial charge < -0.3 is 9.84 Å². The van der Waals surface area contributed by atoms with Crippen molar-refractivity contribution >= 4 is 79.7 Å². The van der Waals surface area contributed by atoms with Crippen LogP contribution in [0.2, 0.25) is 0 Å². The van der Waals surface area contributed by atoms with E-state index < -0.39 is 27.4 Å². The fraction of sp³-hybridized carbons (Fsp3) is 0.385. The third kappa shape index (κ3) is 3.76. The minimum Gasteiger partial charge on any atom is -0.481 e. The zero-order valence-corrected chi connectivity index (χ0v) is 17.3. The highest BCUT2D eigenvalue weighted by Gasteiger charge is 2.50. The topological polar surface area (TPSA) is 63.6 Å². The molecule has 0 amide bonds. The van der Waals surface area contributed by atoms with Gasteiger partial charge in [0.2, 0.25) is 0 Å². The first kappa shape index (κ1) is 18.4. The van der Waals surface area contributed by atoms with Crippen LogP contribution in [-0.2, 0) is 14.3 Å². The highest BCUT2D eigenvalue weighted by Crippen LogP contribution is 2.48. The summed E-state index contributed by atoms with van der Waals surface area (Å²) in [6.45, 7) is 6.81. The van der Waals surface area contributed by atoms with E-state index in [4.69, 9.17) is 4.74 Å². The molecule has 7 heteroatoms. The lowest BCUT2D eigenvalue weighted by Gasteiger charge is -2.38. The van der Waals surface area contributed by atoms with Gasteiger partial charge in [-0.3, -0.25) is 4.79 Å². The van der Waals surface area contributed by atoms with Crippen molar-refractivity contribution < 1.29 is 19.4 Å². The predicted octanol–water partition coefficient (Wildman–Crippen LogP) is 4.02. The number of ether oxygens (including phenoxy) is 1. The van der Waals surface area contributed by atoms with E-state index in [0.29, 0.717) is 5.57 Å². The van der Waals surface area contributed by atoms with Crippen LogP contribution in [0.25, 0.3) is 0 Å². The van der Waals surface area contributed by atoms with E-state index in [-0.39, 0.29) is 0 Å². The molecule has 0 aromatic rings. The largest absolute Gasteiger partial charge is 0.481 e. The van der Waals surface area contributed by atoms with Crippen molar-refractivity contribution in [1.29, 1.82) is 0 Å². The number of halogens is 3. The molecule has 1 N–H and O–H groups in total. The average Bonchev–Trinajstić information content (AvgIpc) is 2.32. The van der Waals surface area contributed by atoms with Crippen LogP contribution >= 0.6 is 67.8 Å². The van der Waals surface area contributed by atoms with Crippen molar-refractivity contribution in [3.63, 3.8) is 0 Å². The summed E-state index contributed by atoms with van der Waals surface area (Å²) >= 11 is 6.27. The molecular weight excluding hydrogens is 601 g/mol. The van der Waals surface area contributed by atoms with Crippen molar-refractivity contribution in [1.82, 2.24) is 0 Å². The average molecular weight is 614 g/mol. The third-order valence-electron chi connectivity index (χ3n) is 2.90. The van der Waals surface area contributed by atoms with Gasteiger partial charge in [0.25, 0.3) is 0 Å². The summed E-state index contributed by atoms with van der Waals surface area (Å²) < 4.78 is 6.25. The molecule has 1 aliphatic rings. The van der Waals surface area contributed by atoms with Crippen LogP contribution in [0.5, 0.6) is 0 Å². The van der Waals surface area contributed by atoms with Crippen LogP contribution in [-0.4, -0.2) is 26.6 Å². The quantitative estimate of drug-likeness (QED) is 0.225. The smallest absolute Gasteiger partial charge is 0.333 e. The van der Waals surface area contributed by atoms with Gasteiger partial charge >= 0.3 is 11.9 Å². The molecule has 0 aromatic carbocycles. The fourth-order valence-corrected chi connectivity index (χ4v) is 4.86. The number of hydrogen-bond donors (Lipinski definition) is 1. The summed E-state index contributed by atoms with van der Waals surface area (Å²) in [6, 6.07) is 0. The van der Waals surface area contributed by atoms with Crippen molar-refractivity contribution in [2.24, 2.45) is 5.92 Å². The van der Waals surface area contributed by atoms with E-state index in [0.717, 1.165) is 7.16 Å². The molecule has 4 nitrogen and oxygen atoms in total. The zero-order chi connectivity index (χ0) is 15.7. The second-order valence-corrected chi connectivity index (χ2v) is 8.65. The molecule has 0 fully saturated rings. The van der Waals surface area contributed by atoms with E-state index >= 15 is 0 Å². The zero-order valence-electron chi connectivity index (χ0n) is 10.8. The molecule has 110 valence electrons. The van der Waals surface area contributed by atoms with Gasteiger partial charge in [0.1, 0.15) is 9.53 Å². The Morgan fingerprint density at radius 2 is 2.05 bits per heavy atom. The van der Waals surface area contributed by atoms with Gasteiger partial charge in [0.05, 0.1) is 5.92 Å². The highest BCUT2D eigenvalue weighted by atomic mass is 127. The first-order valence-corrected chi connectivity index (χ1v) is 8.87. The SMILES string of the molecule is C=C(C)C(=O)OC(C)C1(I)C(I)=CC(I)=CC1C(=O)O. The summed E-state index contributed by atoms with van der Waals surface area (Å²) in [5.41, 5.74) is 0.295. The molecule has 0 aromatic heterocycles. The molecule has 1 aliphatic carbocycles. The minimum atomic E-state index is -0.936. The summed E-state index contributed by atoms with van der Waals surface area (Å²) in [7, 11) is 0. The van der Waals surface area contributed by atoms with Crippen LogP contribution in [0, 0.1) is 5.92 Å². The number of carbonyl (C=O) groups is 2. The number of allylic oxidation sites excluding steroid dienone is 2. The monoisotopic (exact) mass is 614 g/mol. The van der Waals surface area contributed by atoms with Crippen molar-refractivity contribution in [2.75, 3.05) is 0 Å². The third-order valence-corrected chi connectivity index (χ3v) is 7.94. The fourth-order valence-electron chi connectivity index (χ4n) is 1.75. The Hall–Kier alpha value is 0.350. The maximum Gasteiger partial charge on any atom is 0.333 e. The van der Waals surface area contributed by atoms with Crippen LogP contribution in [0.15, 0.2) is 31.5 Å². The first-order valence-electron chi connectivity index (χ1n) is 5.63. The number of alkyl halides is 1. The van der Waals surface area contributed by atoms with Gasteiger partial charge in [-0.15, -0.1) is 0 Å². The maximum atomic E-state index is 11.7. The van der Waals surface area contributed by atoms with E-state index in [1.807, 2.05) is 6.08 Å². The molecule has 0 radical (unpaired) electrons. The number of rotatable bonds is 4. The van der Waals surface area contributed by atoms with Gasteiger partial charge in [0.15, 0.2) is 0 Å². The number of esters is 1. The number of aliphatic carboxylic acids is 1. The molecule has 0 saturated heterocycles. The van der Waals surface area contributed by atoms with Gasteiger partial charge in [-0.1, -0.05) is 35.2 Å². The molecule has 0 saturated carbocycles. The van der Waals surface area contributed by atoms with E-state index in [9.17, 15) is 14.7 Å². The number of carboxylic acids is 1. The lowest BCUT2D eigenvalue weighted by atomic mass is 9.84. The Morgan fingerprint density at radius 3 is 2.50 bits per heavy atom. The first-order chi connectivity index (χ1) is 9.10. The molecule has 0 heterocycles. The van der Waals surface area contributed by atoms with E-state index in [2.05, 4.69) is 74.4 Å². The molecule has 3 unspecified atom stereocenters. The Labute approximate surface area is 158 Å². The Balaban J connectivity index is 3.16. The summed E-state index contributed by atoms with van der Waals surface area (Å²) in [5, 5.41) is 9.46. The van der Waals surface area contributed by atoms with Crippen LogP contribution in [0.3, 0.4) is 0 Å². The van der Waals surface area contributed by atoms with Crippen molar-refractivity contribution in [3.8, 4) is 0 Å². The Kier molecular flexibility index (Phi) is 6.51. The molecule has 0 bridgehead atoms. The summed E-state index contributed by atoms with van der Waals surface area (Å²) in [6.07, 6.45) is 3.00. The number of carbonyl (C=O) groups excluding carboxylic acids is 1. The van der Waals surface area contributed by atoms with Gasteiger partial charge in [-0.05, 0) is 65.1 Å². The number of hydrogen-bond acceptors (Lipinski definition) is 3. The lowest BCUT2D eigenvalue weighted by Crippen LogP contribution is -2.48. The van der Waals surface area contributed by atoms with Gasteiger partial charge in [-0.25, -0.2) is 4.79 Å². The van der Waals surface area contributed by atoms with Crippen molar-refractivity contribution in [2.45, 2.75) is 23.4 Å². The maximum absolute atomic E-state index is 11.7. The molecular formula is C13H13I3O4. The van der Waals surface area contributed by atoms with Gasteiger partial charge in [0, 0.05) is 12.7 Å². The van der Waals surface area contributed by atoms with Crippen LogP contribution in [0.4, 0.5) is 0 Å².